The zero-order valence-electron chi connectivity index (χ0n) is 10.0. The number of halogens is 1. The highest BCUT2D eigenvalue weighted by atomic mass is 127. The second-order valence-electron chi connectivity index (χ2n) is 4.92. The Morgan fingerprint density at radius 2 is 2.19 bits per heavy atom. The SMILES string of the molecule is CC(C)n1cc(CC2CCNCC2)c(I)n1. The maximum atomic E-state index is 4.56. The third-order valence-corrected chi connectivity index (χ3v) is 4.16. The van der Waals surface area contributed by atoms with Crippen LogP contribution in [-0.2, 0) is 6.42 Å². The first-order valence-electron chi connectivity index (χ1n) is 6.11. The normalized spacial score (nSPS) is 18.2. The van der Waals surface area contributed by atoms with Crippen LogP contribution in [0.5, 0.6) is 0 Å². The minimum Gasteiger partial charge on any atom is -0.317 e. The average Bonchev–Trinajstić information content (AvgIpc) is 2.62. The number of nitrogens with one attached hydrogen (secondary N) is 1. The molecule has 2 rings (SSSR count). The summed E-state index contributed by atoms with van der Waals surface area (Å²) in [4.78, 5) is 0. The number of hydrogen-bond donors (Lipinski definition) is 1. The molecule has 1 aromatic heterocycles. The van der Waals surface area contributed by atoms with E-state index in [9.17, 15) is 0 Å². The molecule has 0 amide bonds. The van der Waals surface area contributed by atoms with Crippen molar-refractivity contribution in [1.82, 2.24) is 15.1 Å². The Morgan fingerprint density at radius 3 is 2.75 bits per heavy atom. The fourth-order valence-electron chi connectivity index (χ4n) is 2.21. The zero-order valence-corrected chi connectivity index (χ0v) is 12.2. The number of nitrogens with zero attached hydrogens (tertiary/aromatic N) is 2. The fraction of sp³-hybridized carbons (Fsp3) is 0.750. The van der Waals surface area contributed by atoms with Crippen LogP contribution >= 0.6 is 22.6 Å². The number of piperidine rings is 1. The molecular formula is C12H20IN3. The Kier molecular flexibility index (Phi) is 4.24. The molecule has 4 heteroatoms. The van der Waals surface area contributed by atoms with E-state index in [0.717, 1.165) is 5.92 Å². The molecule has 3 nitrogen and oxygen atoms in total. The first-order chi connectivity index (χ1) is 7.66. The fourth-order valence-corrected chi connectivity index (χ4v) is 2.81. The molecule has 0 unspecified atom stereocenters. The molecule has 1 fully saturated rings. The summed E-state index contributed by atoms with van der Waals surface area (Å²) in [5, 5.41) is 7.98. The van der Waals surface area contributed by atoms with E-state index in [1.54, 1.807) is 0 Å². The second kappa shape index (κ2) is 5.49. The number of rotatable bonds is 3. The van der Waals surface area contributed by atoms with Gasteiger partial charge in [0, 0.05) is 17.8 Å². The van der Waals surface area contributed by atoms with E-state index in [0.29, 0.717) is 6.04 Å². The van der Waals surface area contributed by atoms with E-state index in [2.05, 4.69) is 57.7 Å². The highest BCUT2D eigenvalue weighted by Crippen LogP contribution is 2.22. The van der Waals surface area contributed by atoms with E-state index >= 15 is 0 Å². The number of aromatic nitrogens is 2. The molecule has 0 bridgehead atoms. The molecule has 0 aromatic carbocycles. The molecule has 1 aromatic rings. The first kappa shape index (κ1) is 12.4. The zero-order chi connectivity index (χ0) is 11.5. The molecule has 0 radical (unpaired) electrons. The van der Waals surface area contributed by atoms with Crippen LogP contribution in [0.25, 0.3) is 0 Å². The van der Waals surface area contributed by atoms with Gasteiger partial charge in [-0.3, -0.25) is 4.68 Å². The maximum Gasteiger partial charge on any atom is 0.126 e. The van der Waals surface area contributed by atoms with Crippen molar-refractivity contribution in [2.75, 3.05) is 13.1 Å². The van der Waals surface area contributed by atoms with Gasteiger partial charge in [0.1, 0.15) is 3.70 Å². The van der Waals surface area contributed by atoms with Gasteiger partial charge in [0.15, 0.2) is 0 Å². The lowest BCUT2D eigenvalue weighted by Crippen LogP contribution is -2.28. The van der Waals surface area contributed by atoms with Crippen molar-refractivity contribution in [3.05, 3.63) is 15.5 Å². The smallest absolute Gasteiger partial charge is 0.126 e. The van der Waals surface area contributed by atoms with Gasteiger partial charge in [0.2, 0.25) is 0 Å². The van der Waals surface area contributed by atoms with E-state index in [1.165, 1.54) is 41.6 Å². The Hall–Kier alpha value is -0.100. The van der Waals surface area contributed by atoms with Crippen LogP contribution in [-0.4, -0.2) is 22.9 Å². The van der Waals surface area contributed by atoms with Crippen LogP contribution < -0.4 is 5.32 Å². The van der Waals surface area contributed by atoms with Crippen molar-refractivity contribution in [1.29, 1.82) is 0 Å². The largest absolute Gasteiger partial charge is 0.317 e. The summed E-state index contributed by atoms with van der Waals surface area (Å²) in [6.07, 6.45) is 6.05. The molecule has 0 atom stereocenters. The van der Waals surface area contributed by atoms with Gasteiger partial charge in [-0.2, -0.15) is 5.10 Å². The summed E-state index contributed by atoms with van der Waals surface area (Å²) >= 11 is 2.36. The molecule has 0 saturated carbocycles. The van der Waals surface area contributed by atoms with Crippen LogP contribution in [0.3, 0.4) is 0 Å². The lowest BCUT2D eigenvalue weighted by atomic mass is 9.92. The quantitative estimate of drug-likeness (QED) is 0.862. The molecule has 1 N–H and O–H groups in total. The summed E-state index contributed by atoms with van der Waals surface area (Å²) in [7, 11) is 0. The van der Waals surface area contributed by atoms with Crippen molar-refractivity contribution in [2.45, 2.75) is 39.2 Å². The lowest BCUT2D eigenvalue weighted by molar-refractivity contribution is 0.372. The molecule has 0 aliphatic carbocycles. The van der Waals surface area contributed by atoms with Crippen molar-refractivity contribution in [3.8, 4) is 0 Å². The van der Waals surface area contributed by atoms with Gasteiger partial charge in [0.25, 0.3) is 0 Å². The van der Waals surface area contributed by atoms with Crippen LogP contribution in [0, 0.1) is 9.62 Å². The van der Waals surface area contributed by atoms with Crippen molar-refractivity contribution in [2.24, 2.45) is 5.92 Å². The van der Waals surface area contributed by atoms with Crippen LogP contribution in [0.2, 0.25) is 0 Å². The third kappa shape index (κ3) is 2.97. The molecule has 0 spiro atoms. The maximum absolute atomic E-state index is 4.56. The monoisotopic (exact) mass is 333 g/mol. The predicted octanol–water partition coefficient (Wildman–Crippen LogP) is 2.61. The van der Waals surface area contributed by atoms with E-state index < -0.39 is 0 Å². The Bertz CT molecular complexity index is 340. The van der Waals surface area contributed by atoms with Gasteiger partial charge >= 0.3 is 0 Å². The van der Waals surface area contributed by atoms with Gasteiger partial charge in [-0.05, 0) is 74.7 Å². The van der Waals surface area contributed by atoms with Crippen LogP contribution in [0.15, 0.2) is 6.20 Å². The van der Waals surface area contributed by atoms with Crippen molar-refractivity contribution in [3.63, 3.8) is 0 Å². The topological polar surface area (TPSA) is 29.9 Å². The molecule has 2 heterocycles. The molecule has 1 aliphatic heterocycles. The van der Waals surface area contributed by atoms with Crippen LogP contribution in [0.4, 0.5) is 0 Å². The third-order valence-electron chi connectivity index (χ3n) is 3.25. The van der Waals surface area contributed by atoms with Gasteiger partial charge in [-0.15, -0.1) is 0 Å². The summed E-state index contributed by atoms with van der Waals surface area (Å²) < 4.78 is 3.27. The molecular weight excluding hydrogens is 313 g/mol. The number of hydrogen-bond acceptors (Lipinski definition) is 2. The van der Waals surface area contributed by atoms with Gasteiger partial charge in [0.05, 0.1) is 0 Å². The summed E-state index contributed by atoms with van der Waals surface area (Å²) in [5.41, 5.74) is 1.43. The molecule has 1 saturated heterocycles. The first-order valence-corrected chi connectivity index (χ1v) is 7.19. The molecule has 16 heavy (non-hydrogen) atoms. The van der Waals surface area contributed by atoms with Crippen molar-refractivity contribution >= 4 is 22.6 Å². The predicted molar refractivity (Wildman–Crippen MR) is 74.6 cm³/mol. The Labute approximate surface area is 111 Å². The van der Waals surface area contributed by atoms with E-state index in [4.69, 9.17) is 0 Å². The second-order valence-corrected chi connectivity index (χ2v) is 5.94. The Morgan fingerprint density at radius 1 is 1.50 bits per heavy atom. The lowest BCUT2D eigenvalue weighted by Gasteiger charge is -2.21. The Balaban J connectivity index is 2.02. The average molecular weight is 333 g/mol. The van der Waals surface area contributed by atoms with Crippen LogP contribution in [0.1, 0.15) is 38.3 Å². The summed E-state index contributed by atoms with van der Waals surface area (Å²) in [6.45, 7) is 6.72. The molecule has 90 valence electrons. The van der Waals surface area contributed by atoms with Gasteiger partial charge in [-0.1, -0.05) is 0 Å². The minimum atomic E-state index is 0.468. The highest BCUT2D eigenvalue weighted by Gasteiger charge is 2.17. The van der Waals surface area contributed by atoms with Crippen molar-refractivity contribution < 1.29 is 0 Å². The summed E-state index contributed by atoms with van der Waals surface area (Å²) in [5.74, 6) is 0.847. The highest BCUT2D eigenvalue weighted by molar-refractivity contribution is 14.1. The minimum absolute atomic E-state index is 0.468. The standard InChI is InChI=1S/C12H20IN3/c1-9(2)16-8-11(12(13)15-16)7-10-3-5-14-6-4-10/h8-10,14H,3-7H2,1-2H3. The molecule has 1 aliphatic rings. The van der Waals surface area contributed by atoms with Gasteiger partial charge in [-0.25, -0.2) is 0 Å². The van der Waals surface area contributed by atoms with E-state index in [-0.39, 0.29) is 0 Å². The van der Waals surface area contributed by atoms with E-state index in [1.807, 2.05) is 0 Å². The summed E-state index contributed by atoms with van der Waals surface area (Å²) in [6, 6.07) is 0.468. The van der Waals surface area contributed by atoms with Gasteiger partial charge < -0.3 is 5.32 Å².